The van der Waals surface area contributed by atoms with E-state index in [9.17, 15) is 13.5 Å². The van der Waals surface area contributed by atoms with Gasteiger partial charge in [0.2, 0.25) is 0 Å². The summed E-state index contributed by atoms with van der Waals surface area (Å²) in [6.07, 6.45) is 1.38. The lowest BCUT2D eigenvalue weighted by atomic mass is 10.3. The number of β-amino-alcohol motifs (C(OH)–C–C–N with tert-alkyl or cyclic N) is 1. The Morgan fingerprint density at radius 1 is 1.47 bits per heavy atom. The summed E-state index contributed by atoms with van der Waals surface area (Å²) in [5.41, 5.74) is 0. The van der Waals surface area contributed by atoms with Crippen molar-refractivity contribution in [2.24, 2.45) is 0 Å². The Labute approximate surface area is 88.4 Å². The Kier molecular flexibility index (Phi) is 2.72. The van der Waals surface area contributed by atoms with Gasteiger partial charge >= 0.3 is 0 Å². The first-order valence-electron chi connectivity index (χ1n) is 4.70. The lowest BCUT2D eigenvalue weighted by Crippen LogP contribution is -2.30. The molecule has 15 heavy (non-hydrogen) atoms. The second-order valence-corrected chi connectivity index (χ2v) is 5.36. The predicted octanol–water partition coefficient (Wildman–Crippen LogP) is -0.163. The van der Waals surface area contributed by atoms with Crippen LogP contribution in [0.25, 0.3) is 0 Å². The zero-order chi connectivity index (χ0) is 10.9. The number of aliphatic hydroxyl groups is 1. The van der Waals surface area contributed by atoms with Crippen molar-refractivity contribution in [3.8, 4) is 0 Å². The van der Waals surface area contributed by atoms with Crippen molar-refractivity contribution in [3.05, 3.63) is 24.4 Å². The normalized spacial score (nSPS) is 23.1. The molecule has 0 bridgehead atoms. The fourth-order valence-electron chi connectivity index (χ4n) is 1.56. The summed E-state index contributed by atoms with van der Waals surface area (Å²) in [7, 11) is -3.51. The van der Waals surface area contributed by atoms with E-state index in [1.54, 1.807) is 12.1 Å². The summed E-state index contributed by atoms with van der Waals surface area (Å²) >= 11 is 0. The minimum atomic E-state index is -3.51. The maximum atomic E-state index is 11.9. The molecule has 1 atom stereocenters. The van der Waals surface area contributed by atoms with Crippen molar-refractivity contribution in [1.29, 1.82) is 0 Å². The molecule has 0 saturated carbocycles. The summed E-state index contributed by atoms with van der Waals surface area (Å²) in [6, 6.07) is 4.75. The molecule has 1 fully saturated rings. The highest BCUT2D eigenvalue weighted by atomic mass is 32.2. The van der Waals surface area contributed by atoms with Crippen molar-refractivity contribution in [2.45, 2.75) is 17.6 Å². The molecule has 2 rings (SSSR count). The monoisotopic (exact) mass is 228 g/mol. The van der Waals surface area contributed by atoms with E-state index in [0.717, 1.165) is 0 Å². The third-order valence-corrected chi connectivity index (χ3v) is 4.15. The van der Waals surface area contributed by atoms with Crippen LogP contribution in [0.2, 0.25) is 0 Å². The molecule has 1 aromatic rings. The van der Waals surface area contributed by atoms with Crippen molar-refractivity contribution >= 4 is 10.0 Å². The summed E-state index contributed by atoms with van der Waals surface area (Å²) in [5.74, 6) is 0. The Balaban J connectivity index is 2.28. The quantitative estimate of drug-likeness (QED) is 0.763. The Hall–Kier alpha value is -0.980. The van der Waals surface area contributed by atoms with Crippen molar-refractivity contribution < 1.29 is 13.5 Å². The molecular weight excluding hydrogens is 216 g/mol. The molecule has 1 aliphatic heterocycles. The van der Waals surface area contributed by atoms with Crippen molar-refractivity contribution in [3.63, 3.8) is 0 Å². The second kappa shape index (κ2) is 3.88. The van der Waals surface area contributed by atoms with E-state index in [1.165, 1.54) is 16.6 Å². The smallest absolute Gasteiger partial charge is 0.260 e. The Morgan fingerprint density at radius 3 is 2.80 bits per heavy atom. The minimum absolute atomic E-state index is 0.0408. The van der Waals surface area contributed by atoms with Crippen LogP contribution in [0.4, 0.5) is 0 Å². The number of aromatic nitrogens is 1. The van der Waals surface area contributed by atoms with Crippen LogP contribution < -0.4 is 0 Å². The predicted molar refractivity (Wildman–Crippen MR) is 53.6 cm³/mol. The van der Waals surface area contributed by atoms with E-state index in [4.69, 9.17) is 0 Å². The van der Waals surface area contributed by atoms with Crippen LogP contribution in [-0.4, -0.2) is 42.0 Å². The van der Waals surface area contributed by atoms with Crippen molar-refractivity contribution in [1.82, 2.24) is 9.29 Å². The van der Waals surface area contributed by atoms with E-state index in [-0.39, 0.29) is 11.6 Å². The van der Waals surface area contributed by atoms with Gasteiger partial charge in [-0.25, -0.2) is 13.4 Å². The highest BCUT2D eigenvalue weighted by Gasteiger charge is 2.32. The van der Waals surface area contributed by atoms with Crippen LogP contribution in [0, 0.1) is 0 Å². The lowest BCUT2D eigenvalue weighted by molar-refractivity contribution is 0.189. The van der Waals surface area contributed by atoms with Gasteiger partial charge < -0.3 is 5.11 Å². The third-order valence-electron chi connectivity index (χ3n) is 2.37. The molecule has 1 N–H and O–H groups in total. The summed E-state index contributed by atoms with van der Waals surface area (Å²) in [4.78, 5) is 3.81. The van der Waals surface area contributed by atoms with Gasteiger partial charge in [0.05, 0.1) is 6.10 Å². The molecule has 1 aliphatic rings. The molecule has 2 heterocycles. The van der Waals surface area contributed by atoms with Gasteiger partial charge in [0, 0.05) is 19.3 Å². The van der Waals surface area contributed by atoms with Gasteiger partial charge in [-0.2, -0.15) is 4.31 Å². The second-order valence-electron chi connectivity index (χ2n) is 3.47. The first kappa shape index (κ1) is 10.5. The molecule has 0 spiro atoms. The zero-order valence-electron chi connectivity index (χ0n) is 8.07. The van der Waals surface area contributed by atoms with E-state index < -0.39 is 16.1 Å². The van der Waals surface area contributed by atoms with Crippen LogP contribution in [0.5, 0.6) is 0 Å². The molecule has 5 nitrogen and oxygen atoms in total. The van der Waals surface area contributed by atoms with E-state index in [0.29, 0.717) is 13.0 Å². The van der Waals surface area contributed by atoms with Gasteiger partial charge in [-0.3, -0.25) is 0 Å². The van der Waals surface area contributed by atoms with E-state index in [2.05, 4.69) is 4.98 Å². The molecule has 1 aromatic heterocycles. The maximum Gasteiger partial charge on any atom is 0.260 e. The molecule has 0 radical (unpaired) electrons. The van der Waals surface area contributed by atoms with Gasteiger partial charge in [-0.1, -0.05) is 6.07 Å². The minimum Gasteiger partial charge on any atom is -0.392 e. The number of aliphatic hydroxyl groups excluding tert-OH is 1. The van der Waals surface area contributed by atoms with Crippen LogP contribution in [0.3, 0.4) is 0 Å². The van der Waals surface area contributed by atoms with E-state index >= 15 is 0 Å². The van der Waals surface area contributed by atoms with Crippen LogP contribution in [-0.2, 0) is 10.0 Å². The highest BCUT2D eigenvalue weighted by Crippen LogP contribution is 2.18. The first-order valence-corrected chi connectivity index (χ1v) is 6.14. The number of hydrogen-bond acceptors (Lipinski definition) is 4. The number of rotatable bonds is 2. The van der Waals surface area contributed by atoms with Crippen LogP contribution >= 0.6 is 0 Å². The fourth-order valence-corrected chi connectivity index (χ4v) is 2.98. The summed E-state index contributed by atoms with van der Waals surface area (Å²) in [5, 5.41) is 9.32. The molecule has 0 aliphatic carbocycles. The maximum absolute atomic E-state index is 11.9. The van der Waals surface area contributed by atoms with Gasteiger partial charge in [0.1, 0.15) is 0 Å². The van der Waals surface area contributed by atoms with Gasteiger partial charge in [-0.15, -0.1) is 0 Å². The molecule has 6 heteroatoms. The summed E-state index contributed by atoms with van der Waals surface area (Å²) < 4.78 is 25.1. The largest absolute Gasteiger partial charge is 0.392 e. The molecular formula is C9H12N2O3S. The molecule has 0 amide bonds. The topological polar surface area (TPSA) is 70.5 Å². The molecule has 82 valence electrons. The van der Waals surface area contributed by atoms with Gasteiger partial charge in [0.25, 0.3) is 10.0 Å². The number of hydrogen-bond donors (Lipinski definition) is 1. The van der Waals surface area contributed by atoms with Gasteiger partial charge in [0.15, 0.2) is 5.03 Å². The standard InChI is InChI=1S/C9H12N2O3S/c12-8-4-6-11(7-8)15(13,14)9-3-1-2-5-10-9/h1-3,5,8,12H,4,6-7H2/t8-/m1/s1. The van der Waals surface area contributed by atoms with Crippen LogP contribution in [0.1, 0.15) is 6.42 Å². The molecule has 0 aromatic carbocycles. The molecule has 0 unspecified atom stereocenters. The zero-order valence-corrected chi connectivity index (χ0v) is 8.89. The number of sulfonamides is 1. The fraction of sp³-hybridized carbons (Fsp3) is 0.444. The van der Waals surface area contributed by atoms with Crippen molar-refractivity contribution in [2.75, 3.05) is 13.1 Å². The first-order chi connectivity index (χ1) is 7.10. The number of nitrogens with zero attached hydrogens (tertiary/aromatic N) is 2. The summed E-state index contributed by atoms with van der Waals surface area (Å²) in [6.45, 7) is 0.527. The van der Waals surface area contributed by atoms with E-state index in [1.807, 2.05) is 0 Å². The van der Waals surface area contributed by atoms with Gasteiger partial charge in [-0.05, 0) is 18.6 Å². The molecule has 1 saturated heterocycles. The Bertz CT molecular complexity index is 432. The average Bonchev–Trinajstić information content (AvgIpc) is 2.67. The Morgan fingerprint density at radius 2 is 2.27 bits per heavy atom. The number of pyridine rings is 1. The third kappa shape index (κ3) is 2.01. The SMILES string of the molecule is O=S(=O)(c1ccccn1)N1CC[C@@H](O)C1. The van der Waals surface area contributed by atoms with Crippen LogP contribution in [0.15, 0.2) is 29.4 Å². The highest BCUT2D eigenvalue weighted by molar-refractivity contribution is 7.89. The average molecular weight is 228 g/mol. The lowest BCUT2D eigenvalue weighted by Gasteiger charge is -2.14.